The van der Waals surface area contributed by atoms with E-state index in [0.29, 0.717) is 33.1 Å². The normalized spacial score (nSPS) is 10.7. The number of carbonyl (C=O) groups excluding carboxylic acids is 1. The van der Waals surface area contributed by atoms with Crippen LogP contribution >= 0.6 is 27.5 Å². The predicted octanol–water partition coefficient (Wildman–Crippen LogP) is 5.21. The van der Waals surface area contributed by atoms with E-state index in [1.165, 1.54) is 6.08 Å². The van der Waals surface area contributed by atoms with Crippen LogP contribution in [-0.2, 0) is 4.79 Å². The lowest BCUT2D eigenvalue weighted by molar-refractivity contribution is -0.112. The first-order valence-corrected chi connectivity index (χ1v) is 8.43. The number of halogens is 2. The number of amides is 1. The summed E-state index contributed by atoms with van der Waals surface area (Å²) in [5.74, 6) is 0.120. The van der Waals surface area contributed by atoms with Crippen molar-refractivity contribution in [1.29, 1.82) is 5.26 Å². The Morgan fingerprint density at radius 3 is 2.76 bits per heavy atom. The molecule has 25 heavy (non-hydrogen) atoms. The van der Waals surface area contributed by atoms with Gasteiger partial charge in [0.05, 0.1) is 15.2 Å². The van der Waals surface area contributed by atoms with Gasteiger partial charge in [-0.2, -0.15) is 5.26 Å². The Morgan fingerprint density at radius 2 is 2.12 bits per heavy atom. The molecule has 0 saturated heterocycles. The van der Waals surface area contributed by atoms with Gasteiger partial charge in [-0.1, -0.05) is 42.5 Å². The molecule has 0 aliphatic heterocycles. The van der Waals surface area contributed by atoms with Crippen molar-refractivity contribution in [3.8, 4) is 11.8 Å². The molecule has 126 valence electrons. The van der Waals surface area contributed by atoms with Crippen LogP contribution in [-0.4, -0.2) is 12.5 Å². The second-order valence-electron chi connectivity index (χ2n) is 4.89. The number of rotatable bonds is 6. The van der Waals surface area contributed by atoms with Gasteiger partial charge in [0.15, 0.2) is 0 Å². The van der Waals surface area contributed by atoms with Gasteiger partial charge in [-0.25, -0.2) is 0 Å². The van der Waals surface area contributed by atoms with Gasteiger partial charge in [0.2, 0.25) is 0 Å². The number of nitrogens with one attached hydrogen (secondary N) is 1. The molecule has 4 nitrogen and oxygen atoms in total. The van der Waals surface area contributed by atoms with Crippen LogP contribution in [0.3, 0.4) is 0 Å². The minimum Gasteiger partial charge on any atom is -0.488 e. The lowest BCUT2D eigenvalue weighted by Crippen LogP contribution is -2.13. The molecule has 0 aliphatic carbocycles. The molecule has 1 N–H and O–H groups in total. The second kappa shape index (κ2) is 9.07. The van der Waals surface area contributed by atoms with Gasteiger partial charge in [-0.15, -0.1) is 0 Å². The van der Waals surface area contributed by atoms with E-state index in [9.17, 15) is 10.1 Å². The molecule has 0 unspecified atom stereocenters. The molecule has 1 amide bonds. The van der Waals surface area contributed by atoms with Crippen molar-refractivity contribution < 1.29 is 9.53 Å². The number of nitrogens with zero attached hydrogens (tertiary/aromatic N) is 1. The van der Waals surface area contributed by atoms with E-state index in [1.807, 2.05) is 6.07 Å². The minimum absolute atomic E-state index is 0.0356. The standard InChI is InChI=1S/C19H14BrClN2O2/c1-2-9-25-18-8-7-13(11-15(18)20)10-14(12-22)19(24)23-17-6-4-3-5-16(17)21/h2-8,10-11H,1,9H2,(H,23,24)/b14-10+. The number of carbonyl (C=O) groups is 1. The second-order valence-corrected chi connectivity index (χ2v) is 6.15. The number of hydrogen-bond acceptors (Lipinski definition) is 3. The van der Waals surface area contributed by atoms with Crippen molar-refractivity contribution in [2.24, 2.45) is 0 Å². The fourth-order valence-corrected chi connectivity index (χ4v) is 2.63. The maximum atomic E-state index is 12.3. The van der Waals surface area contributed by atoms with Crippen molar-refractivity contribution in [3.05, 3.63) is 75.8 Å². The van der Waals surface area contributed by atoms with E-state index in [-0.39, 0.29) is 5.57 Å². The lowest BCUT2D eigenvalue weighted by Gasteiger charge is -2.08. The smallest absolute Gasteiger partial charge is 0.266 e. The Balaban J connectivity index is 2.21. The average molecular weight is 418 g/mol. The van der Waals surface area contributed by atoms with Crippen LogP contribution in [0.2, 0.25) is 5.02 Å². The Hall–Kier alpha value is -2.55. The summed E-state index contributed by atoms with van der Waals surface area (Å²) in [7, 11) is 0. The fourth-order valence-electron chi connectivity index (χ4n) is 1.94. The van der Waals surface area contributed by atoms with Gasteiger partial charge in [-0.05, 0) is 51.8 Å². The third-order valence-corrected chi connectivity index (χ3v) is 4.06. The summed E-state index contributed by atoms with van der Waals surface area (Å²) in [5, 5.41) is 12.3. The van der Waals surface area contributed by atoms with Gasteiger partial charge in [0, 0.05) is 0 Å². The molecule has 0 saturated carbocycles. The maximum absolute atomic E-state index is 12.3. The first-order chi connectivity index (χ1) is 12.0. The highest BCUT2D eigenvalue weighted by atomic mass is 79.9. The molecule has 6 heteroatoms. The molecular weight excluding hydrogens is 404 g/mol. The Bertz CT molecular complexity index is 872. The van der Waals surface area contributed by atoms with Crippen molar-refractivity contribution in [1.82, 2.24) is 0 Å². The van der Waals surface area contributed by atoms with Gasteiger partial charge in [-0.3, -0.25) is 4.79 Å². The van der Waals surface area contributed by atoms with E-state index < -0.39 is 5.91 Å². The molecule has 0 atom stereocenters. The summed E-state index contributed by atoms with van der Waals surface area (Å²) in [4.78, 5) is 12.3. The highest BCUT2D eigenvalue weighted by molar-refractivity contribution is 9.10. The number of ether oxygens (including phenoxy) is 1. The van der Waals surface area contributed by atoms with Gasteiger partial charge in [0.25, 0.3) is 5.91 Å². The molecule has 2 aromatic carbocycles. The van der Waals surface area contributed by atoms with Crippen molar-refractivity contribution in [3.63, 3.8) is 0 Å². The van der Waals surface area contributed by atoms with Crippen LogP contribution in [0.1, 0.15) is 5.56 Å². The zero-order valence-electron chi connectivity index (χ0n) is 13.1. The summed E-state index contributed by atoms with van der Waals surface area (Å²) < 4.78 is 6.18. The number of benzene rings is 2. The average Bonchev–Trinajstić information content (AvgIpc) is 2.60. The van der Waals surface area contributed by atoms with E-state index in [1.54, 1.807) is 48.5 Å². The maximum Gasteiger partial charge on any atom is 0.266 e. The molecule has 2 rings (SSSR count). The Kier molecular flexibility index (Phi) is 6.81. The monoisotopic (exact) mass is 416 g/mol. The van der Waals surface area contributed by atoms with Gasteiger partial charge < -0.3 is 10.1 Å². The summed E-state index contributed by atoms with van der Waals surface area (Å²) in [6.45, 7) is 3.98. The van der Waals surface area contributed by atoms with Gasteiger partial charge in [0.1, 0.15) is 24.0 Å². The first kappa shape index (κ1) is 18.8. The minimum atomic E-state index is -0.529. The molecule has 0 heterocycles. The fraction of sp³-hybridized carbons (Fsp3) is 0.0526. The molecule has 0 radical (unpaired) electrons. The van der Waals surface area contributed by atoms with Crippen LogP contribution in [0.15, 0.2) is 65.2 Å². The van der Waals surface area contributed by atoms with Crippen LogP contribution < -0.4 is 10.1 Å². The predicted molar refractivity (Wildman–Crippen MR) is 104 cm³/mol. The zero-order valence-corrected chi connectivity index (χ0v) is 15.5. The summed E-state index contributed by atoms with van der Waals surface area (Å²) >= 11 is 9.41. The highest BCUT2D eigenvalue weighted by Gasteiger charge is 2.11. The van der Waals surface area contributed by atoms with Crippen molar-refractivity contribution in [2.45, 2.75) is 0 Å². The van der Waals surface area contributed by atoms with Crippen LogP contribution in [0.5, 0.6) is 5.75 Å². The Morgan fingerprint density at radius 1 is 1.36 bits per heavy atom. The SMILES string of the molecule is C=CCOc1ccc(/C=C(\C#N)C(=O)Nc2ccccc2Cl)cc1Br. The summed E-state index contributed by atoms with van der Waals surface area (Å²) in [6.07, 6.45) is 3.14. The van der Waals surface area contributed by atoms with E-state index in [0.717, 1.165) is 0 Å². The molecule has 2 aromatic rings. The number of para-hydroxylation sites is 1. The first-order valence-electron chi connectivity index (χ1n) is 7.26. The zero-order chi connectivity index (χ0) is 18.2. The number of anilines is 1. The van der Waals surface area contributed by atoms with Crippen LogP contribution in [0, 0.1) is 11.3 Å². The molecule has 0 spiro atoms. The largest absolute Gasteiger partial charge is 0.488 e. The molecule has 0 fully saturated rings. The summed E-state index contributed by atoms with van der Waals surface area (Å²) in [6, 6.07) is 14.0. The molecular formula is C19H14BrClN2O2. The summed E-state index contributed by atoms with van der Waals surface area (Å²) in [5.41, 5.74) is 1.10. The molecule has 0 aliphatic rings. The molecule has 0 aromatic heterocycles. The van der Waals surface area contributed by atoms with Crippen LogP contribution in [0.25, 0.3) is 6.08 Å². The van der Waals surface area contributed by atoms with E-state index in [2.05, 4.69) is 27.8 Å². The quantitative estimate of drug-likeness (QED) is 0.398. The van der Waals surface area contributed by atoms with E-state index >= 15 is 0 Å². The van der Waals surface area contributed by atoms with Crippen LogP contribution in [0.4, 0.5) is 5.69 Å². The van der Waals surface area contributed by atoms with Gasteiger partial charge >= 0.3 is 0 Å². The van der Waals surface area contributed by atoms with E-state index in [4.69, 9.17) is 16.3 Å². The highest BCUT2D eigenvalue weighted by Crippen LogP contribution is 2.27. The lowest BCUT2D eigenvalue weighted by atomic mass is 10.1. The number of hydrogen-bond donors (Lipinski definition) is 1. The Labute approximate surface area is 159 Å². The van der Waals surface area contributed by atoms with Crippen molar-refractivity contribution >= 4 is 45.2 Å². The van der Waals surface area contributed by atoms with Crippen molar-refractivity contribution in [2.75, 3.05) is 11.9 Å². The molecule has 0 bridgehead atoms. The topological polar surface area (TPSA) is 62.1 Å². The number of nitriles is 1. The third kappa shape index (κ3) is 5.21. The third-order valence-electron chi connectivity index (χ3n) is 3.11.